The zero-order chi connectivity index (χ0) is 14.5. The van der Waals surface area contributed by atoms with Crippen LogP contribution in [0, 0.1) is 0 Å². The predicted molar refractivity (Wildman–Crippen MR) is 85.4 cm³/mol. The highest BCUT2D eigenvalue weighted by molar-refractivity contribution is 7.99. The third-order valence-corrected chi connectivity index (χ3v) is 4.89. The van der Waals surface area contributed by atoms with Crippen molar-refractivity contribution < 1.29 is 9.53 Å². The molecule has 110 valence electrons. The third-order valence-electron chi connectivity index (χ3n) is 3.66. The quantitative estimate of drug-likeness (QED) is 0.645. The lowest BCUT2D eigenvalue weighted by molar-refractivity contribution is 0.0602. The highest BCUT2D eigenvalue weighted by Gasteiger charge is 2.25. The van der Waals surface area contributed by atoms with Crippen molar-refractivity contribution in [2.24, 2.45) is 0 Å². The maximum Gasteiger partial charge on any atom is 0.340 e. The smallest absolute Gasteiger partial charge is 0.340 e. The Balaban J connectivity index is 2.05. The van der Waals surface area contributed by atoms with Gasteiger partial charge in [-0.1, -0.05) is 13.0 Å². The molecule has 2 rings (SSSR count). The van der Waals surface area contributed by atoms with Crippen molar-refractivity contribution in [1.29, 1.82) is 0 Å². The number of rotatable bonds is 5. The van der Waals surface area contributed by atoms with E-state index in [1.165, 1.54) is 13.5 Å². The zero-order valence-corrected chi connectivity index (χ0v) is 12.8. The summed E-state index contributed by atoms with van der Waals surface area (Å²) in [6, 6.07) is 5.88. The Bertz CT molecular complexity index is 479. The van der Waals surface area contributed by atoms with E-state index in [1.54, 1.807) is 6.07 Å². The SMILES string of the molecule is CCSC1CCC(Nc2cccc(C(=O)OC)c2N)C1. The van der Waals surface area contributed by atoms with Gasteiger partial charge in [-0.3, -0.25) is 0 Å². The number of hydrogen-bond donors (Lipinski definition) is 2. The van der Waals surface area contributed by atoms with Crippen molar-refractivity contribution in [3.8, 4) is 0 Å². The first-order chi connectivity index (χ1) is 9.65. The van der Waals surface area contributed by atoms with Crippen molar-refractivity contribution in [2.75, 3.05) is 23.9 Å². The van der Waals surface area contributed by atoms with Gasteiger partial charge in [0.15, 0.2) is 0 Å². The van der Waals surface area contributed by atoms with Gasteiger partial charge >= 0.3 is 5.97 Å². The van der Waals surface area contributed by atoms with Gasteiger partial charge in [0, 0.05) is 11.3 Å². The number of thioether (sulfide) groups is 1. The first-order valence-corrected chi connectivity index (χ1v) is 8.05. The molecule has 1 aliphatic carbocycles. The van der Waals surface area contributed by atoms with E-state index in [2.05, 4.69) is 12.2 Å². The topological polar surface area (TPSA) is 64.3 Å². The highest BCUT2D eigenvalue weighted by Crippen LogP contribution is 2.33. The van der Waals surface area contributed by atoms with E-state index in [-0.39, 0.29) is 0 Å². The Labute approximate surface area is 124 Å². The first-order valence-electron chi connectivity index (χ1n) is 7.00. The van der Waals surface area contributed by atoms with Gasteiger partial charge in [0.2, 0.25) is 0 Å². The van der Waals surface area contributed by atoms with Gasteiger partial charge in [-0.2, -0.15) is 11.8 Å². The van der Waals surface area contributed by atoms with Gasteiger partial charge in [0.25, 0.3) is 0 Å². The minimum atomic E-state index is -0.392. The first kappa shape index (κ1) is 15.0. The van der Waals surface area contributed by atoms with E-state index in [1.807, 2.05) is 23.9 Å². The second kappa shape index (κ2) is 6.88. The molecule has 1 aromatic rings. The molecule has 4 nitrogen and oxygen atoms in total. The van der Waals surface area contributed by atoms with Crippen molar-refractivity contribution in [2.45, 2.75) is 37.5 Å². The number of carbonyl (C=O) groups is 1. The molecule has 1 saturated carbocycles. The minimum absolute atomic E-state index is 0.392. The normalized spacial score (nSPS) is 21.7. The van der Waals surface area contributed by atoms with E-state index < -0.39 is 5.97 Å². The molecule has 0 spiro atoms. The van der Waals surface area contributed by atoms with Crippen molar-refractivity contribution in [3.05, 3.63) is 23.8 Å². The molecular weight excluding hydrogens is 272 g/mol. The maximum absolute atomic E-state index is 11.6. The van der Waals surface area contributed by atoms with Gasteiger partial charge < -0.3 is 15.8 Å². The van der Waals surface area contributed by atoms with Crippen LogP contribution in [-0.2, 0) is 4.74 Å². The number of nitrogen functional groups attached to an aromatic ring is 1. The largest absolute Gasteiger partial charge is 0.465 e. The predicted octanol–water partition coefficient (Wildman–Crippen LogP) is 3.14. The van der Waals surface area contributed by atoms with Crippen LogP contribution >= 0.6 is 11.8 Å². The lowest BCUT2D eigenvalue weighted by atomic mass is 10.1. The van der Waals surface area contributed by atoms with E-state index in [0.717, 1.165) is 29.5 Å². The maximum atomic E-state index is 11.6. The van der Waals surface area contributed by atoms with Crippen molar-refractivity contribution in [1.82, 2.24) is 0 Å². The van der Waals surface area contributed by atoms with Crippen LogP contribution in [0.2, 0.25) is 0 Å². The minimum Gasteiger partial charge on any atom is -0.465 e. The van der Waals surface area contributed by atoms with E-state index in [0.29, 0.717) is 17.3 Å². The molecule has 5 heteroatoms. The standard InChI is InChI=1S/C15H22N2O2S/c1-3-20-11-8-7-10(9-11)17-13-6-4-5-12(14(13)16)15(18)19-2/h4-6,10-11,17H,3,7-9,16H2,1-2H3. The van der Waals surface area contributed by atoms with Crippen molar-refractivity contribution in [3.63, 3.8) is 0 Å². The van der Waals surface area contributed by atoms with Crippen LogP contribution in [0.1, 0.15) is 36.5 Å². The van der Waals surface area contributed by atoms with Gasteiger partial charge in [-0.05, 0) is 37.1 Å². The molecule has 2 atom stereocenters. The van der Waals surface area contributed by atoms with Gasteiger partial charge in [-0.15, -0.1) is 0 Å². The Hall–Kier alpha value is -1.36. The van der Waals surface area contributed by atoms with Crippen LogP contribution < -0.4 is 11.1 Å². The summed E-state index contributed by atoms with van der Waals surface area (Å²) in [6.45, 7) is 2.20. The number of para-hydroxylation sites is 1. The van der Waals surface area contributed by atoms with Crippen molar-refractivity contribution >= 4 is 29.1 Å². The molecule has 0 aromatic heterocycles. The van der Waals surface area contributed by atoms with Crippen LogP contribution in [0.15, 0.2) is 18.2 Å². The van der Waals surface area contributed by atoms with E-state index in [4.69, 9.17) is 10.5 Å². The third kappa shape index (κ3) is 3.39. The molecule has 0 saturated heterocycles. The fourth-order valence-corrected chi connectivity index (χ4v) is 3.80. The van der Waals surface area contributed by atoms with Gasteiger partial charge in [-0.25, -0.2) is 4.79 Å². The number of nitrogens with one attached hydrogen (secondary N) is 1. The number of anilines is 2. The summed E-state index contributed by atoms with van der Waals surface area (Å²) >= 11 is 2.02. The molecule has 0 radical (unpaired) electrons. The Kier molecular flexibility index (Phi) is 5.17. The number of ether oxygens (including phenoxy) is 1. The number of esters is 1. The van der Waals surface area contributed by atoms with Crippen LogP contribution in [0.3, 0.4) is 0 Å². The summed E-state index contributed by atoms with van der Waals surface area (Å²) in [5.41, 5.74) is 7.80. The van der Waals surface area contributed by atoms with Crippen LogP contribution in [-0.4, -0.2) is 30.1 Å². The molecule has 2 unspecified atom stereocenters. The second-order valence-corrected chi connectivity index (χ2v) is 6.57. The number of hydrogen-bond acceptors (Lipinski definition) is 5. The van der Waals surface area contributed by atoms with Gasteiger partial charge in [0.1, 0.15) is 0 Å². The fourth-order valence-electron chi connectivity index (χ4n) is 2.66. The molecule has 1 fully saturated rings. The fraction of sp³-hybridized carbons (Fsp3) is 0.533. The van der Waals surface area contributed by atoms with Crippen LogP contribution in [0.4, 0.5) is 11.4 Å². The zero-order valence-electron chi connectivity index (χ0n) is 12.0. The number of methoxy groups -OCH3 is 1. The Morgan fingerprint density at radius 2 is 2.30 bits per heavy atom. The molecule has 1 aromatic carbocycles. The summed E-state index contributed by atoms with van der Waals surface area (Å²) in [6.07, 6.45) is 3.55. The summed E-state index contributed by atoms with van der Waals surface area (Å²) in [5, 5.41) is 4.21. The lowest BCUT2D eigenvalue weighted by Gasteiger charge is -2.17. The summed E-state index contributed by atoms with van der Waals surface area (Å²) in [5.74, 6) is 0.772. The molecule has 3 N–H and O–H groups in total. The molecule has 20 heavy (non-hydrogen) atoms. The van der Waals surface area contributed by atoms with E-state index >= 15 is 0 Å². The Morgan fingerprint density at radius 1 is 1.50 bits per heavy atom. The molecule has 0 amide bonds. The van der Waals surface area contributed by atoms with E-state index in [9.17, 15) is 4.79 Å². The van der Waals surface area contributed by atoms with Crippen LogP contribution in [0.25, 0.3) is 0 Å². The number of carbonyl (C=O) groups excluding carboxylic acids is 1. The molecular formula is C15H22N2O2S. The number of benzene rings is 1. The molecule has 0 aliphatic heterocycles. The lowest BCUT2D eigenvalue weighted by Crippen LogP contribution is -2.18. The molecule has 0 heterocycles. The second-order valence-electron chi connectivity index (χ2n) is 4.99. The summed E-state index contributed by atoms with van der Waals surface area (Å²) < 4.78 is 4.74. The average Bonchev–Trinajstić information content (AvgIpc) is 2.88. The summed E-state index contributed by atoms with van der Waals surface area (Å²) in [7, 11) is 1.37. The summed E-state index contributed by atoms with van der Waals surface area (Å²) in [4.78, 5) is 11.6. The number of nitrogens with two attached hydrogens (primary N) is 1. The monoisotopic (exact) mass is 294 g/mol. The highest BCUT2D eigenvalue weighted by atomic mass is 32.2. The molecule has 0 bridgehead atoms. The van der Waals surface area contributed by atoms with Crippen LogP contribution in [0.5, 0.6) is 0 Å². The molecule has 1 aliphatic rings. The average molecular weight is 294 g/mol. The Morgan fingerprint density at radius 3 is 3.00 bits per heavy atom. The van der Waals surface area contributed by atoms with Gasteiger partial charge in [0.05, 0.1) is 24.0 Å².